The van der Waals surface area contributed by atoms with Gasteiger partial charge in [0.2, 0.25) is 5.95 Å². The maximum Gasteiger partial charge on any atom is 0.293 e. The van der Waals surface area contributed by atoms with Gasteiger partial charge in [-0.1, -0.05) is 34.2 Å². The number of alkyl halides is 1. The molecule has 3 aromatic rings. The first-order valence-corrected chi connectivity index (χ1v) is 10.9. The van der Waals surface area contributed by atoms with E-state index in [0.29, 0.717) is 20.7 Å². The summed E-state index contributed by atoms with van der Waals surface area (Å²) in [6.45, 7) is 3.09. The summed E-state index contributed by atoms with van der Waals surface area (Å²) in [5.41, 5.74) is 1.19. The highest BCUT2D eigenvalue weighted by Gasteiger charge is 2.26. The third-order valence-corrected chi connectivity index (χ3v) is 5.80. The van der Waals surface area contributed by atoms with E-state index in [0.717, 1.165) is 29.7 Å². The number of halogens is 2. The predicted octanol–water partition coefficient (Wildman–Crippen LogP) is 3.32. The summed E-state index contributed by atoms with van der Waals surface area (Å²) in [6.07, 6.45) is 1.59. The van der Waals surface area contributed by atoms with Crippen LogP contribution in [0.4, 0.5) is 17.5 Å². The van der Waals surface area contributed by atoms with Crippen molar-refractivity contribution in [3.05, 3.63) is 45.8 Å². The number of pyridine rings is 1. The van der Waals surface area contributed by atoms with Crippen LogP contribution in [0.25, 0.3) is 10.9 Å². The van der Waals surface area contributed by atoms with Crippen LogP contribution < -0.4 is 20.5 Å². The molecule has 156 valence electrons. The fraction of sp³-hybridized carbons (Fsp3) is 0.300. The first-order chi connectivity index (χ1) is 14.3. The van der Waals surface area contributed by atoms with Crippen molar-refractivity contribution in [3.8, 4) is 5.75 Å². The average molecular weight is 540 g/mol. The van der Waals surface area contributed by atoms with Crippen molar-refractivity contribution in [2.24, 2.45) is 7.05 Å². The van der Waals surface area contributed by atoms with Crippen LogP contribution in [-0.2, 0) is 11.8 Å². The highest BCUT2D eigenvalue weighted by molar-refractivity contribution is 14.1. The third-order valence-electron chi connectivity index (χ3n) is 4.74. The molecule has 0 radical (unpaired) electrons. The number of hydrogen-bond acceptors (Lipinski definition) is 7. The molecule has 1 aliphatic heterocycles. The molecule has 0 aliphatic carbocycles. The number of aryl methyl sites for hydroxylation is 1. The number of ketones is 1. The molecule has 1 fully saturated rings. The molecular weight excluding hydrogens is 521 g/mol. The summed E-state index contributed by atoms with van der Waals surface area (Å²) < 4.78 is 7.48. The van der Waals surface area contributed by atoms with Crippen LogP contribution in [0.3, 0.4) is 0 Å². The van der Waals surface area contributed by atoms with E-state index >= 15 is 0 Å². The van der Waals surface area contributed by atoms with Crippen molar-refractivity contribution in [2.75, 3.05) is 29.9 Å². The van der Waals surface area contributed by atoms with E-state index in [1.165, 1.54) is 11.5 Å². The summed E-state index contributed by atoms with van der Waals surface area (Å²) >= 11 is 8.70. The quantitative estimate of drug-likeness (QED) is 0.380. The number of rotatable bonds is 6. The SMILES string of the molecule is CC(=O)COc1cc2cc(Nc3nc(N4CC(I)C4)ncc3Cl)ccc2n(C)c1=O. The Morgan fingerprint density at radius 1 is 1.37 bits per heavy atom. The average Bonchev–Trinajstić information content (AvgIpc) is 2.69. The normalized spacial score (nSPS) is 13.9. The van der Waals surface area contributed by atoms with Crippen LogP contribution in [0.15, 0.2) is 35.3 Å². The van der Waals surface area contributed by atoms with E-state index in [2.05, 4.69) is 42.8 Å². The predicted molar refractivity (Wildman–Crippen MR) is 126 cm³/mol. The Hall–Kier alpha value is -2.40. The van der Waals surface area contributed by atoms with Crippen molar-refractivity contribution in [3.63, 3.8) is 0 Å². The number of benzene rings is 1. The summed E-state index contributed by atoms with van der Waals surface area (Å²) in [5, 5.41) is 4.42. The lowest BCUT2D eigenvalue weighted by Gasteiger charge is -2.35. The Kier molecular flexibility index (Phi) is 5.83. The standard InChI is InChI=1S/C20H19ClIN5O3/c1-11(28)10-30-17-6-12-5-14(3-4-16(12)26(2)19(17)29)24-18-15(21)7-23-20(25-18)27-8-13(22)9-27/h3-7,13H,8-10H2,1-2H3,(H,23,24,25). The molecule has 10 heteroatoms. The molecule has 8 nitrogen and oxygen atoms in total. The zero-order valence-corrected chi connectivity index (χ0v) is 19.3. The molecule has 0 bridgehead atoms. The van der Waals surface area contributed by atoms with Crippen molar-refractivity contribution < 1.29 is 9.53 Å². The Balaban J connectivity index is 1.65. The third kappa shape index (κ3) is 4.22. The number of nitrogens with zero attached hydrogens (tertiary/aromatic N) is 4. The molecule has 1 aromatic carbocycles. The van der Waals surface area contributed by atoms with Gasteiger partial charge in [-0.2, -0.15) is 4.98 Å². The minimum atomic E-state index is -0.295. The first kappa shape index (κ1) is 20.9. The number of carbonyl (C=O) groups excluding carboxylic acids is 1. The van der Waals surface area contributed by atoms with E-state index < -0.39 is 0 Å². The molecule has 0 unspecified atom stereocenters. The Morgan fingerprint density at radius 2 is 2.13 bits per heavy atom. The zero-order valence-electron chi connectivity index (χ0n) is 16.4. The Bertz CT molecular complexity index is 1190. The second-order valence-electron chi connectivity index (χ2n) is 7.13. The van der Waals surface area contributed by atoms with Crippen molar-refractivity contribution in [1.82, 2.24) is 14.5 Å². The number of anilines is 3. The van der Waals surface area contributed by atoms with Gasteiger partial charge in [0.05, 0.1) is 11.7 Å². The van der Waals surface area contributed by atoms with Crippen LogP contribution in [0.2, 0.25) is 5.02 Å². The molecule has 4 rings (SSSR count). The molecule has 0 amide bonds. The van der Waals surface area contributed by atoms with Crippen molar-refractivity contribution in [1.29, 1.82) is 0 Å². The van der Waals surface area contributed by atoms with Gasteiger partial charge >= 0.3 is 0 Å². The lowest BCUT2D eigenvalue weighted by Crippen LogP contribution is -2.48. The molecule has 1 saturated heterocycles. The summed E-state index contributed by atoms with van der Waals surface area (Å²) in [4.78, 5) is 34.6. The fourth-order valence-corrected chi connectivity index (χ4v) is 4.23. The lowest BCUT2D eigenvalue weighted by atomic mass is 10.2. The minimum Gasteiger partial charge on any atom is -0.480 e. The number of ether oxygens (including phenoxy) is 1. The Labute approximate surface area is 191 Å². The molecule has 2 aromatic heterocycles. The number of nitrogens with one attached hydrogen (secondary N) is 1. The lowest BCUT2D eigenvalue weighted by molar-refractivity contribution is -0.118. The maximum absolute atomic E-state index is 12.4. The van der Waals surface area contributed by atoms with Gasteiger partial charge in [0.1, 0.15) is 11.6 Å². The van der Waals surface area contributed by atoms with Gasteiger partial charge in [-0.15, -0.1) is 0 Å². The van der Waals surface area contributed by atoms with Gasteiger partial charge < -0.3 is 19.5 Å². The summed E-state index contributed by atoms with van der Waals surface area (Å²) in [7, 11) is 1.67. The molecule has 0 atom stereocenters. The number of aromatic nitrogens is 3. The fourth-order valence-electron chi connectivity index (χ4n) is 3.14. The smallest absolute Gasteiger partial charge is 0.293 e. The van der Waals surface area contributed by atoms with E-state index in [-0.39, 0.29) is 23.7 Å². The zero-order chi connectivity index (χ0) is 21.4. The number of Topliss-reactive ketones (excluding diaryl/α,β-unsaturated/α-hetero) is 1. The maximum atomic E-state index is 12.4. The largest absolute Gasteiger partial charge is 0.480 e. The molecule has 1 N–H and O–H groups in total. The van der Waals surface area contributed by atoms with Crippen LogP contribution in [0.5, 0.6) is 5.75 Å². The molecule has 0 saturated carbocycles. The molecule has 3 heterocycles. The number of fused-ring (bicyclic) bond motifs is 1. The minimum absolute atomic E-state index is 0.130. The summed E-state index contributed by atoms with van der Waals surface area (Å²) in [6, 6.07) is 7.19. The first-order valence-electron chi connectivity index (χ1n) is 9.26. The van der Waals surface area contributed by atoms with Crippen LogP contribution in [0, 0.1) is 0 Å². The van der Waals surface area contributed by atoms with E-state index in [9.17, 15) is 9.59 Å². The van der Waals surface area contributed by atoms with Gasteiger partial charge in [0.25, 0.3) is 5.56 Å². The second-order valence-corrected chi connectivity index (χ2v) is 9.30. The molecular formula is C20H19ClIN5O3. The van der Waals surface area contributed by atoms with Gasteiger partial charge in [-0.05, 0) is 31.2 Å². The summed E-state index contributed by atoms with van der Waals surface area (Å²) in [5.74, 6) is 1.12. The van der Waals surface area contributed by atoms with Crippen LogP contribution in [0.1, 0.15) is 6.92 Å². The van der Waals surface area contributed by atoms with E-state index in [1.807, 2.05) is 18.2 Å². The molecule has 30 heavy (non-hydrogen) atoms. The number of carbonyl (C=O) groups is 1. The monoisotopic (exact) mass is 539 g/mol. The topological polar surface area (TPSA) is 89.3 Å². The van der Waals surface area contributed by atoms with Crippen LogP contribution >= 0.6 is 34.2 Å². The molecule has 1 aliphatic rings. The van der Waals surface area contributed by atoms with Crippen LogP contribution in [-0.4, -0.2) is 43.9 Å². The highest BCUT2D eigenvalue weighted by atomic mass is 127. The van der Waals surface area contributed by atoms with Gasteiger partial charge in [0, 0.05) is 35.1 Å². The Morgan fingerprint density at radius 3 is 2.83 bits per heavy atom. The van der Waals surface area contributed by atoms with Crippen molar-refractivity contribution >= 4 is 68.3 Å². The second kappa shape index (κ2) is 8.38. The van der Waals surface area contributed by atoms with Gasteiger partial charge in [-0.25, -0.2) is 4.98 Å². The molecule has 0 spiro atoms. The van der Waals surface area contributed by atoms with E-state index in [1.54, 1.807) is 19.3 Å². The van der Waals surface area contributed by atoms with Gasteiger partial charge in [-0.3, -0.25) is 9.59 Å². The van der Waals surface area contributed by atoms with Crippen molar-refractivity contribution in [2.45, 2.75) is 10.8 Å². The highest BCUT2D eigenvalue weighted by Crippen LogP contribution is 2.29. The van der Waals surface area contributed by atoms with E-state index in [4.69, 9.17) is 16.3 Å². The van der Waals surface area contributed by atoms with Gasteiger partial charge in [0.15, 0.2) is 17.4 Å². The number of hydrogen-bond donors (Lipinski definition) is 1.